The third-order valence-electron chi connectivity index (χ3n) is 1.18. The van der Waals surface area contributed by atoms with Crippen molar-refractivity contribution in [3.63, 3.8) is 0 Å². The number of hydrogen-bond donors (Lipinski definition) is 0. The summed E-state index contributed by atoms with van der Waals surface area (Å²) in [6.07, 6.45) is 3.24. The highest BCUT2D eigenvalue weighted by atomic mass is 79.9. The predicted octanol–water partition coefficient (Wildman–Crippen LogP) is 2.43. The lowest BCUT2D eigenvalue weighted by Gasteiger charge is -1.94. The summed E-state index contributed by atoms with van der Waals surface area (Å²) in [5.74, 6) is 0. The van der Waals surface area contributed by atoms with Gasteiger partial charge in [0.05, 0.1) is 5.56 Å². The van der Waals surface area contributed by atoms with Crippen LogP contribution in [0, 0.1) is 11.3 Å². The molecule has 0 amide bonds. The number of halogens is 2. The molecule has 0 unspecified atom stereocenters. The SMILES string of the molecule is Br.N#Cc1cnccc1CBr. The van der Waals surface area contributed by atoms with Crippen molar-refractivity contribution in [1.82, 2.24) is 4.98 Å². The molecule has 0 saturated heterocycles. The summed E-state index contributed by atoms with van der Waals surface area (Å²) < 4.78 is 0. The normalized spacial score (nSPS) is 8.00. The summed E-state index contributed by atoms with van der Waals surface area (Å²) in [6.45, 7) is 0. The zero-order valence-electron chi connectivity index (χ0n) is 5.62. The first-order valence-electron chi connectivity index (χ1n) is 2.77. The van der Waals surface area contributed by atoms with Gasteiger partial charge in [-0.3, -0.25) is 4.98 Å². The molecule has 4 heteroatoms. The van der Waals surface area contributed by atoms with Crippen molar-refractivity contribution in [3.8, 4) is 6.07 Å². The van der Waals surface area contributed by atoms with E-state index in [0.717, 1.165) is 5.56 Å². The van der Waals surface area contributed by atoms with Gasteiger partial charge in [0.15, 0.2) is 0 Å². The minimum atomic E-state index is 0. The molecule has 0 aliphatic heterocycles. The van der Waals surface area contributed by atoms with E-state index in [0.29, 0.717) is 10.9 Å². The fourth-order valence-corrected chi connectivity index (χ4v) is 1.13. The van der Waals surface area contributed by atoms with Gasteiger partial charge in [0.25, 0.3) is 0 Å². The van der Waals surface area contributed by atoms with Gasteiger partial charge >= 0.3 is 0 Å². The van der Waals surface area contributed by atoms with Crippen LogP contribution < -0.4 is 0 Å². The van der Waals surface area contributed by atoms with Crippen LogP contribution in [-0.2, 0) is 5.33 Å². The van der Waals surface area contributed by atoms with Crippen LogP contribution in [0.15, 0.2) is 18.5 Å². The lowest BCUT2D eigenvalue weighted by molar-refractivity contribution is 1.25. The molecule has 1 heterocycles. The van der Waals surface area contributed by atoms with Gasteiger partial charge in [-0.15, -0.1) is 17.0 Å². The van der Waals surface area contributed by atoms with Gasteiger partial charge in [0.1, 0.15) is 6.07 Å². The van der Waals surface area contributed by atoms with Crippen LogP contribution >= 0.6 is 32.9 Å². The molecule has 0 atom stereocenters. The second-order valence-corrected chi connectivity index (χ2v) is 2.34. The van der Waals surface area contributed by atoms with E-state index in [1.165, 1.54) is 0 Å². The molecule has 0 radical (unpaired) electrons. The zero-order chi connectivity index (χ0) is 7.40. The molecule has 0 aliphatic carbocycles. The van der Waals surface area contributed by atoms with E-state index in [2.05, 4.69) is 27.0 Å². The number of rotatable bonds is 1. The van der Waals surface area contributed by atoms with Gasteiger partial charge in [0, 0.05) is 17.7 Å². The molecule has 1 aromatic rings. The zero-order valence-corrected chi connectivity index (χ0v) is 8.92. The van der Waals surface area contributed by atoms with Gasteiger partial charge in [-0.05, 0) is 11.6 Å². The van der Waals surface area contributed by atoms with Gasteiger partial charge in [-0.25, -0.2) is 0 Å². The quantitative estimate of drug-likeness (QED) is 0.740. The van der Waals surface area contributed by atoms with E-state index in [1.807, 2.05) is 6.07 Å². The van der Waals surface area contributed by atoms with Crippen LogP contribution in [0.2, 0.25) is 0 Å². The first-order valence-corrected chi connectivity index (χ1v) is 3.89. The minimum Gasteiger partial charge on any atom is -0.263 e. The van der Waals surface area contributed by atoms with Gasteiger partial charge in [0.2, 0.25) is 0 Å². The Bertz CT molecular complexity index is 267. The van der Waals surface area contributed by atoms with Crippen molar-refractivity contribution in [2.75, 3.05) is 0 Å². The van der Waals surface area contributed by atoms with Crippen molar-refractivity contribution in [2.24, 2.45) is 0 Å². The van der Waals surface area contributed by atoms with Crippen LogP contribution in [0.25, 0.3) is 0 Å². The summed E-state index contributed by atoms with van der Waals surface area (Å²) in [7, 11) is 0. The molecule has 0 saturated carbocycles. The molecular formula is C7H6Br2N2. The van der Waals surface area contributed by atoms with E-state index < -0.39 is 0 Å². The number of nitriles is 1. The molecular weight excluding hydrogens is 272 g/mol. The highest BCUT2D eigenvalue weighted by molar-refractivity contribution is 9.08. The van der Waals surface area contributed by atoms with E-state index in [9.17, 15) is 0 Å². The second kappa shape index (κ2) is 5.28. The molecule has 0 N–H and O–H groups in total. The number of nitrogens with zero attached hydrogens (tertiary/aromatic N) is 2. The third-order valence-corrected chi connectivity index (χ3v) is 1.78. The molecule has 11 heavy (non-hydrogen) atoms. The Balaban J connectivity index is 0.000001000. The summed E-state index contributed by atoms with van der Waals surface area (Å²) in [5.41, 5.74) is 1.62. The maximum atomic E-state index is 8.54. The Kier molecular flexibility index (Phi) is 5.08. The summed E-state index contributed by atoms with van der Waals surface area (Å²) in [6, 6.07) is 3.88. The Morgan fingerprint density at radius 3 is 2.82 bits per heavy atom. The van der Waals surface area contributed by atoms with Crippen molar-refractivity contribution in [3.05, 3.63) is 29.6 Å². The smallest absolute Gasteiger partial charge is 0.101 e. The third kappa shape index (κ3) is 2.60. The van der Waals surface area contributed by atoms with Gasteiger partial charge in [-0.1, -0.05) is 15.9 Å². The second-order valence-electron chi connectivity index (χ2n) is 1.78. The molecule has 0 bridgehead atoms. The van der Waals surface area contributed by atoms with Gasteiger partial charge < -0.3 is 0 Å². The predicted molar refractivity (Wildman–Crippen MR) is 51.9 cm³/mol. The van der Waals surface area contributed by atoms with Crippen molar-refractivity contribution in [2.45, 2.75) is 5.33 Å². The number of alkyl halides is 1. The Labute approximate surface area is 84.2 Å². The highest BCUT2D eigenvalue weighted by Gasteiger charge is 1.96. The van der Waals surface area contributed by atoms with E-state index in [1.54, 1.807) is 12.4 Å². The topological polar surface area (TPSA) is 36.7 Å². The lowest BCUT2D eigenvalue weighted by Crippen LogP contribution is -1.85. The Hall–Kier alpha value is -0.400. The van der Waals surface area contributed by atoms with Crippen molar-refractivity contribution in [1.29, 1.82) is 5.26 Å². The molecule has 1 aromatic heterocycles. The monoisotopic (exact) mass is 276 g/mol. The first kappa shape index (κ1) is 10.6. The molecule has 0 spiro atoms. The van der Waals surface area contributed by atoms with E-state index in [-0.39, 0.29) is 17.0 Å². The fourth-order valence-electron chi connectivity index (χ4n) is 0.640. The summed E-state index contributed by atoms with van der Waals surface area (Å²) in [4.78, 5) is 3.82. The summed E-state index contributed by atoms with van der Waals surface area (Å²) >= 11 is 3.27. The van der Waals surface area contributed by atoms with Crippen LogP contribution in [0.1, 0.15) is 11.1 Å². The van der Waals surface area contributed by atoms with Crippen LogP contribution in [0.5, 0.6) is 0 Å². The van der Waals surface area contributed by atoms with E-state index in [4.69, 9.17) is 5.26 Å². The molecule has 0 aromatic carbocycles. The highest BCUT2D eigenvalue weighted by Crippen LogP contribution is 2.08. The van der Waals surface area contributed by atoms with Crippen molar-refractivity contribution >= 4 is 32.9 Å². The first-order chi connectivity index (χ1) is 4.88. The van der Waals surface area contributed by atoms with Crippen LogP contribution in [0.3, 0.4) is 0 Å². The number of hydrogen-bond acceptors (Lipinski definition) is 2. The maximum Gasteiger partial charge on any atom is 0.101 e. The average molecular weight is 278 g/mol. The molecule has 0 aliphatic rings. The average Bonchev–Trinajstić information content (AvgIpc) is 2.04. The Morgan fingerprint density at radius 1 is 1.64 bits per heavy atom. The minimum absolute atomic E-state index is 0. The van der Waals surface area contributed by atoms with Crippen LogP contribution in [-0.4, -0.2) is 4.98 Å². The Morgan fingerprint density at radius 2 is 2.36 bits per heavy atom. The lowest BCUT2D eigenvalue weighted by atomic mass is 10.2. The van der Waals surface area contributed by atoms with E-state index >= 15 is 0 Å². The van der Waals surface area contributed by atoms with Gasteiger partial charge in [-0.2, -0.15) is 5.26 Å². The summed E-state index contributed by atoms with van der Waals surface area (Å²) in [5, 5.41) is 9.25. The molecule has 0 fully saturated rings. The maximum absolute atomic E-state index is 8.54. The van der Waals surface area contributed by atoms with Crippen LogP contribution in [0.4, 0.5) is 0 Å². The fraction of sp³-hybridized carbons (Fsp3) is 0.143. The largest absolute Gasteiger partial charge is 0.263 e. The number of aromatic nitrogens is 1. The molecule has 2 nitrogen and oxygen atoms in total. The molecule has 1 rings (SSSR count). The molecule has 58 valence electrons. The number of pyridine rings is 1. The standard InChI is InChI=1S/C7H5BrN2.BrH/c8-3-6-1-2-10-5-7(6)4-9;/h1-2,5H,3H2;1H. The van der Waals surface area contributed by atoms with Crippen molar-refractivity contribution < 1.29 is 0 Å².